The summed E-state index contributed by atoms with van der Waals surface area (Å²) in [7, 11) is 0. The van der Waals surface area contributed by atoms with Crippen LogP contribution in [0.25, 0.3) is 0 Å². The van der Waals surface area contributed by atoms with Gasteiger partial charge in [0.15, 0.2) is 0 Å². The van der Waals surface area contributed by atoms with Crippen molar-refractivity contribution in [1.29, 1.82) is 0 Å². The topological polar surface area (TPSA) is 66.7 Å². The fourth-order valence-corrected chi connectivity index (χ4v) is 4.67. The van der Waals surface area contributed by atoms with Gasteiger partial charge in [0.05, 0.1) is 25.9 Å². The lowest BCUT2D eigenvalue weighted by Gasteiger charge is -2.35. The van der Waals surface area contributed by atoms with Crippen LogP contribution in [0.5, 0.6) is 0 Å². The van der Waals surface area contributed by atoms with E-state index in [1.807, 2.05) is 11.4 Å². The Balaban J connectivity index is 1.17. The van der Waals surface area contributed by atoms with Crippen molar-refractivity contribution in [2.45, 2.75) is 51.5 Å². The Morgan fingerprint density at radius 1 is 1.07 bits per heavy atom. The zero-order chi connectivity index (χ0) is 19.2. The standard InChI is InChI=1S/C20H31N5O2S/c26-17(15-27-16-18-5-4-12-28-18)13-23-8-10-24(11-9-23)14-20-22-21-19-6-2-1-3-7-25(19)20/h4-5,12,17,26H,1-3,6-11,13-16H2/t17-/m0/s1. The first-order valence-electron chi connectivity index (χ1n) is 10.4. The van der Waals surface area contributed by atoms with E-state index < -0.39 is 6.10 Å². The molecule has 7 nitrogen and oxygen atoms in total. The van der Waals surface area contributed by atoms with Crippen molar-refractivity contribution in [3.8, 4) is 0 Å². The van der Waals surface area contributed by atoms with Gasteiger partial charge in [0.2, 0.25) is 0 Å². The molecule has 1 atom stereocenters. The molecule has 0 unspecified atom stereocenters. The molecule has 0 aromatic carbocycles. The first-order valence-corrected chi connectivity index (χ1v) is 11.3. The number of aliphatic hydroxyl groups is 1. The number of hydrogen-bond donors (Lipinski definition) is 1. The molecule has 1 saturated heterocycles. The number of aryl methyl sites for hydroxylation is 1. The quantitative estimate of drug-likeness (QED) is 0.722. The number of rotatable bonds is 8. The molecule has 0 amide bonds. The molecule has 0 aliphatic carbocycles. The molecule has 2 aliphatic heterocycles. The summed E-state index contributed by atoms with van der Waals surface area (Å²) in [5.41, 5.74) is 0. The minimum Gasteiger partial charge on any atom is -0.389 e. The molecule has 0 saturated carbocycles. The molecule has 4 heterocycles. The predicted molar refractivity (Wildman–Crippen MR) is 109 cm³/mol. The number of fused-ring (bicyclic) bond motifs is 1. The van der Waals surface area contributed by atoms with Crippen LogP contribution in [0.4, 0.5) is 0 Å². The maximum absolute atomic E-state index is 10.3. The molecule has 28 heavy (non-hydrogen) atoms. The molecule has 0 spiro atoms. The van der Waals surface area contributed by atoms with E-state index in [0.29, 0.717) is 19.8 Å². The molecule has 2 aliphatic rings. The van der Waals surface area contributed by atoms with Gasteiger partial charge in [-0.15, -0.1) is 21.5 Å². The Morgan fingerprint density at radius 3 is 2.75 bits per heavy atom. The van der Waals surface area contributed by atoms with Crippen LogP contribution in [0.2, 0.25) is 0 Å². The Labute approximate surface area is 170 Å². The van der Waals surface area contributed by atoms with Crippen molar-refractivity contribution < 1.29 is 9.84 Å². The van der Waals surface area contributed by atoms with Crippen LogP contribution >= 0.6 is 11.3 Å². The summed E-state index contributed by atoms with van der Waals surface area (Å²) in [6.45, 7) is 7.57. The van der Waals surface area contributed by atoms with Gasteiger partial charge >= 0.3 is 0 Å². The Morgan fingerprint density at radius 2 is 1.93 bits per heavy atom. The van der Waals surface area contributed by atoms with E-state index in [9.17, 15) is 5.11 Å². The normalized spacial score (nSPS) is 20.0. The molecule has 1 N–H and O–H groups in total. The van der Waals surface area contributed by atoms with Crippen LogP contribution in [-0.4, -0.2) is 75.1 Å². The molecular weight excluding hydrogens is 374 g/mol. The van der Waals surface area contributed by atoms with E-state index in [4.69, 9.17) is 4.74 Å². The minimum atomic E-state index is -0.432. The fraction of sp³-hybridized carbons (Fsp3) is 0.700. The summed E-state index contributed by atoms with van der Waals surface area (Å²) in [5, 5.41) is 21.2. The van der Waals surface area contributed by atoms with Gasteiger partial charge in [0.25, 0.3) is 0 Å². The van der Waals surface area contributed by atoms with Gasteiger partial charge in [-0.1, -0.05) is 12.5 Å². The van der Waals surface area contributed by atoms with Crippen LogP contribution in [-0.2, 0) is 30.9 Å². The average molecular weight is 406 g/mol. The lowest BCUT2D eigenvalue weighted by Crippen LogP contribution is -2.48. The molecule has 154 valence electrons. The highest BCUT2D eigenvalue weighted by Crippen LogP contribution is 2.16. The van der Waals surface area contributed by atoms with Crippen molar-refractivity contribution in [2.75, 3.05) is 39.3 Å². The number of ether oxygens (including phenoxy) is 1. The van der Waals surface area contributed by atoms with Crippen molar-refractivity contribution in [2.24, 2.45) is 0 Å². The number of piperazine rings is 1. The van der Waals surface area contributed by atoms with E-state index in [0.717, 1.165) is 57.3 Å². The van der Waals surface area contributed by atoms with Gasteiger partial charge in [0, 0.05) is 50.6 Å². The minimum absolute atomic E-state index is 0.393. The average Bonchev–Trinajstić information content (AvgIpc) is 3.28. The molecule has 1 fully saturated rings. The summed E-state index contributed by atoms with van der Waals surface area (Å²) in [4.78, 5) is 5.99. The third-order valence-electron chi connectivity index (χ3n) is 5.62. The highest BCUT2D eigenvalue weighted by molar-refractivity contribution is 7.09. The first-order chi connectivity index (χ1) is 13.8. The van der Waals surface area contributed by atoms with Crippen molar-refractivity contribution in [3.63, 3.8) is 0 Å². The van der Waals surface area contributed by atoms with Crippen LogP contribution in [0, 0.1) is 0 Å². The van der Waals surface area contributed by atoms with E-state index in [1.165, 1.54) is 24.1 Å². The maximum atomic E-state index is 10.3. The molecule has 8 heteroatoms. The molecule has 0 bridgehead atoms. The Bertz CT molecular complexity index is 712. The van der Waals surface area contributed by atoms with Gasteiger partial charge < -0.3 is 14.4 Å². The van der Waals surface area contributed by atoms with Crippen LogP contribution in [0.3, 0.4) is 0 Å². The van der Waals surface area contributed by atoms with Crippen LogP contribution in [0.15, 0.2) is 17.5 Å². The number of aromatic nitrogens is 3. The molecule has 0 radical (unpaired) electrons. The number of thiophene rings is 1. The van der Waals surface area contributed by atoms with E-state index in [2.05, 4.69) is 30.6 Å². The van der Waals surface area contributed by atoms with Crippen LogP contribution < -0.4 is 0 Å². The SMILES string of the molecule is O[C@H](COCc1cccs1)CN1CCN(Cc2nnc3n2CCCCC3)CC1. The number of aliphatic hydroxyl groups excluding tert-OH is 1. The summed E-state index contributed by atoms with van der Waals surface area (Å²) in [5.74, 6) is 2.28. The monoisotopic (exact) mass is 405 g/mol. The number of hydrogen-bond acceptors (Lipinski definition) is 7. The predicted octanol–water partition coefficient (Wildman–Crippen LogP) is 1.76. The van der Waals surface area contributed by atoms with E-state index in [-0.39, 0.29) is 0 Å². The molecular formula is C20H31N5O2S. The zero-order valence-corrected chi connectivity index (χ0v) is 17.3. The third-order valence-corrected chi connectivity index (χ3v) is 6.47. The van der Waals surface area contributed by atoms with Gasteiger partial charge in [-0.25, -0.2) is 0 Å². The second kappa shape index (κ2) is 9.93. The van der Waals surface area contributed by atoms with E-state index >= 15 is 0 Å². The highest BCUT2D eigenvalue weighted by atomic mass is 32.1. The molecule has 2 aromatic heterocycles. The van der Waals surface area contributed by atoms with Gasteiger partial charge in [-0.05, 0) is 24.3 Å². The van der Waals surface area contributed by atoms with Gasteiger partial charge in [0.1, 0.15) is 11.6 Å². The van der Waals surface area contributed by atoms with Crippen LogP contribution in [0.1, 0.15) is 35.8 Å². The van der Waals surface area contributed by atoms with E-state index in [1.54, 1.807) is 11.3 Å². The lowest BCUT2D eigenvalue weighted by atomic mass is 10.2. The summed E-state index contributed by atoms with van der Waals surface area (Å²) < 4.78 is 7.98. The zero-order valence-electron chi connectivity index (χ0n) is 16.5. The maximum Gasteiger partial charge on any atom is 0.147 e. The third kappa shape index (κ3) is 5.39. The largest absolute Gasteiger partial charge is 0.389 e. The fourth-order valence-electron chi connectivity index (χ4n) is 4.03. The molecule has 4 rings (SSSR count). The number of β-amino-alcohol motifs (C(OH)–C–C–N with tert-alkyl or cyclic N) is 1. The summed E-state index contributed by atoms with van der Waals surface area (Å²) in [6, 6.07) is 4.08. The second-order valence-corrected chi connectivity index (χ2v) is 8.85. The Hall–Kier alpha value is -1.32. The molecule has 2 aromatic rings. The Kier molecular flexibility index (Phi) is 7.09. The summed E-state index contributed by atoms with van der Waals surface area (Å²) >= 11 is 1.69. The first kappa shape index (κ1) is 20.0. The lowest BCUT2D eigenvalue weighted by molar-refractivity contribution is 0.00129. The smallest absolute Gasteiger partial charge is 0.147 e. The highest BCUT2D eigenvalue weighted by Gasteiger charge is 2.22. The van der Waals surface area contributed by atoms with Gasteiger partial charge in [-0.2, -0.15) is 0 Å². The second-order valence-electron chi connectivity index (χ2n) is 7.82. The van der Waals surface area contributed by atoms with Crippen molar-refractivity contribution in [1.82, 2.24) is 24.6 Å². The van der Waals surface area contributed by atoms with Crippen molar-refractivity contribution in [3.05, 3.63) is 34.0 Å². The number of nitrogens with zero attached hydrogens (tertiary/aromatic N) is 5. The van der Waals surface area contributed by atoms with Crippen molar-refractivity contribution >= 4 is 11.3 Å². The summed E-state index contributed by atoms with van der Waals surface area (Å²) in [6.07, 6.45) is 4.39. The van der Waals surface area contributed by atoms with Gasteiger partial charge in [-0.3, -0.25) is 9.80 Å².